The summed E-state index contributed by atoms with van der Waals surface area (Å²) in [6.45, 7) is 6.96. The molecule has 0 bridgehead atoms. The second-order valence-corrected chi connectivity index (χ2v) is 6.06. The molecule has 0 spiro atoms. The minimum absolute atomic E-state index is 0.0431. The Morgan fingerprint density at radius 3 is 2.77 bits per heavy atom. The summed E-state index contributed by atoms with van der Waals surface area (Å²) in [7, 11) is 0. The maximum absolute atomic E-state index is 12.7. The minimum atomic E-state index is -0.0431. The largest absolute Gasteiger partial charge is 0.326 e. The van der Waals surface area contributed by atoms with Crippen molar-refractivity contribution in [1.82, 2.24) is 0 Å². The lowest BCUT2D eigenvalue weighted by molar-refractivity contribution is 0.256. The van der Waals surface area contributed by atoms with Crippen LogP contribution < -0.4 is 10.2 Å². The SMILES string of the molecule is Cc1ccc2c(c1)CCCN2C(=O)Nc1cccc(C)c1C. The fourth-order valence-corrected chi connectivity index (χ4v) is 3.01. The van der Waals surface area contributed by atoms with Gasteiger partial charge in [-0.25, -0.2) is 4.79 Å². The van der Waals surface area contributed by atoms with Gasteiger partial charge in [0.05, 0.1) is 0 Å². The highest BCUT2D eigenvalue weighted by Crippen LogP contribution is 2.29. The van der Waals surface area contributed by atoms with Gasteiger partial charge in [0.15, 0.2) is 0 Å². The molecule has 1 heterocycles. The Balaban J connectivity index is 1.86. The van der Waals surface area contributed by atoms with Gasteiger partial charge in [-0.2, -0.15) is 0 Å². The number of carbonyl (C=O) groups excluding carboxylic acids is 1. The summed E-state index contributed by atoms with van der Waals surface area (Å²) in [4.78, 5) is 14.6. The van der Waals surface area contributed by atoms with Crippen molar-refractivity contribution in [3.05, 3.63) is 58.7 Å². The molecule has 3 nitrogen and oxygen atoms in total. The summed E-state index contributed by atoms with van der Waals surface area (Å²) >= 11 is 0. The fourth-order valence-electron chi connectivity index (χ4n) is 3.01. The molecule has 22 heavy (non-hydrogen) atoms. The van der Waals surface area contributed by atoms with Crippen LogP contribution in [0.2, 0.25) is 0 Å². The molecule has 1 aliphatic heterocycles. The average molecular weight is 294 g/mol. The molecule has 0 atom stereocenters. The van der Waals surface area contributed by atoms with Crippen molar-refractivity contribution in [3.8, 4) is 0 Å². The smallest absolute Gasteiger partial charge is 0.307 e. The summed E-state index contributed by atoms with van der Waals surface area (Å²) in [6, 6.07) is 12.3. The molecule has 0 aliphatic carbocycles. The van der Waals surface area contributed by atoms with E-state index in [2.05, 4.69) is 43.4 Å². The molecule has 0 aromatic heterocycles. The predicted octanol–water partition coefficient (Wildman–Crippen LogP) is 4.60. The summed E-state index contributed by atoms with van der Waals surface area (Å²) < 4.78 is 0. The van der Waals surface area contributed by atoms with Gasteiger partial charge >= 0.3 is 6.03 Å². The first kappa shape index (κ1) is 14.6. The quantitative estimate of drug-likeness (QED) is 0.819. The summed E-state index contributed by atoms with van der Waals surface area (Å²) in [6.07, 6.45) is 2.06. The number of aryl methyl sites for hydroxylation is 3. The molecule has 2 aromatic rings. The highest BCUT2D eigenvalue weighted by Gasteiger charge is 2.22. The lowest BCUT2D eigenvalue weighted by Crippen LogP contribution is -2.38. The number of fused-ring (bicyclic) bond motifs is 1. The normalized spacial score (nSPS) is 13.7. The van der Waals surface area contributed by atoms with Crippen molar-refractivity contribution in [2.24, 2.45) is 0 Å². The number of anilines is 2. The second-order valence-electron chi connectivity index (χ2n) is 6.06. The van der Waals surface area contributed by atoms with Crippen LogP contribution in [0, 0.1) is 20.8 Å². The molecule has 1 aliphatic rings. The van der Waals surface area contributed by atoms with E-state index in [4.69, 9.17) is 0 Å². The van der Waals surface area contributed by atoms with Crippen LogP contribution in [0.5, 0.6) is 0 Å². The number of nitrogens with zero attached hydrogens (tertiary/aromatic N) is 1. The molecule has 0 saturated carbocycles. The fraction of sp³-hybridized carbons (Fsp3) is 0.316. The zero-order valence-corrected chi connectivity index (χ0v) is 13.4. The van der Waals surface area contributed by atoms with Crippen LogP contribution in [-0.4, -0.2) is 12.6 Å². The first-order valence-corrected chi connectivity index (χ1v) is 7.80. The highest BCUT2D eigenvalue weighted by atomic mass is 16.2. The van der Waals surface area contributed by atoms with Gasteiger partial charge < -0.3 is 5.32 Å². The van der Waals surface area contributed by atoms with Gasteiger partial charge in [-0.15, -0.1) is 0 Å². The number of rotatable bonds is 1. The van der Waals surface area contributed by atoms with E-state index in [-0.39, 0.29) is 6.03 Å². The topological polar surface area (TPSA) is 32.3 Å². The van der Waals surface area contributed by atoms with E-state index in [0.717, 1.165) is 36.3 Å². The molecule has 3 rings (SSSR count). The number of carbonyl (C=O) groups is 1. The minimum Gasteiger partial charge on any atom is -0.307 e. The van der Waals surface area contributed by atoms with Crippen molar-refractivity contribution in [2.75, 3.05) is 16.8 Å². The number of urea groups is 1. The van der Waals surface area contributed by atoms with E-state index in [1.807, 2.05) is 24.0 Å². The van der Waals surface area contributed by atoms with Crippen LogP contribution >= 0.6 is 0 Å². The molecule has 0 radical (unpaired) electrons. The van der Waals surface area contributed by atoms with Gasteiger partial charge in [0.25, 0.3) is 0 Å². The Hall–Kier alpha value is -2.29. The summed E-state index contributed by atoms with van der Waals surface area (Å²) in [5, 5.41) is 3.06. The van der Waals surface area contributed by atoms with Gasteiger partial charge in [-0.05, 0) is 62.4 Å². The van der Waals surface area contributed by atoms with Crippen molar-refractivity contribution in [1.29, 1.82) is 0 Å². The molecule has 114 valence electrons. The van der Waals surface area contributed by atoms with Gasteiger partial charge in [0.2, 0.25) is 0 Å². The van der Waals surface area contributed by atoms with Gasteiger partial charge in [-0.3, -0.25) is 4.90 Å². The number of hydrogen-bond acceptors (Lipinski definition) is 1. The standard InChI is InChI=1S/C19H22N2O/c1-13-9-10-18-16(12-13)7-5-11-21(18)19(22)20-17-8-4-6-14(2)15(17)3/h4,6,8-10,12H,5,7,11H2,1-3H3,(H,20,22). The van der Waals surface area contributed by atoms with Gasteiger partial charge in [0, 0.05) is 17.9 Å². The van der Waals surface area contributed by atoms with Crippen LogP contribution in [0.3, 0.4) is 0 Å². The third-order valence-electron chi connectivity index (χ3n) is 4.45. The molecule has 0 fully saturated rings. The Morgan fingerprint density at radius 2 is 1.95 bits per heavy atom. The molecule has 2 aromatic carbocycles. The second kappa shape index (κ2) is 5.84. The van der Waals surface area contributed by atoms with Crippen LogP contribution in [-0.2, 0) is 6.42 Å². The van der Waals surface area contributed by atoms with Gasteiger partial charge in [0.1, 0.15) is 0 Å². The lowest BCUT2D eigenvalue weighted by atomic mass is 10.00. The number of amides is 2. The molecule has 0 saturated heterocycles. The van der Waals surface area contributed by atoms with Crippen LogP contribution in [0.15, 0.2) is 36.4 Å². The zero-order valence-electron chi connectivity index (χ0n) is 13.4. The average Bonchev–Trinajstić information content (AvgIpc) is 2.51. The molecule has 1 N–H and O–H groups in total. The summed E-state index contributed by atoms with van der Waals surface area (Å²) in [5.74, 6) is 0. The van der Waals surface area contributed by atoms with Crippen molar-refractivity contribution in [3.63, 3.8) is 0 Å². The summed E-state index contributed by atoms with van der Waals surface area (Å²) in [5.41, 5.74) is 6.76. The van der Waals surface area contributed by atoms with E-state index in [9.17, 15) is 4.79 Å². The number of hydrogen-bond donors (Lipinski definition) is 1. The Labute approximate surface area is 132 Å². The number of benzene rings is 2. The molecular weight excluding hydrogens is 272 g/mol. The Morgan fingerprint density at radius 1 is 1.14 bits per heavy atom. The van der Waals surface area contributed by atoms with Crippen LogP contribution in [0.4, 0.5) is 16.2 Å². The molecule has 3 heteroatoms. The highest BCUT2D eigenvalue weighted by molar-refractivity contribution is 6.03. The predicted molar refractivity (Wildman–Crippen MR) is 91.8 cm³/mol. The molecule has 0 unspecified atom stereocenters. The Kier molecular flexibility index (Phi) is 3.88. The third-order valence-corrected chi connectivity index (χ3v) is 4.45. The van der Waals surface area contributed by atoms with E-state index >= 15 is 0 Å². The van der Waals surface area contributed by atoms with Crippen LogP contribution in [0.1, 0.15) is 28.7 Å². The van der Waals surface area contributed by atoms with E-state index in [1.165, 1.54) is 16.7 Å². The zero-order chi connectivity index (χ0) is 15.7. The van der Waals surface area contributed by atoms with Crippen molar-refractivity contribution < 1.29 is 4.79 Å². The third kappa shape index (κ3) is 2.71. The Bertz CT molecular complexity index is 721. The first-order chi connectivity index (χ1) is 10.6. The maximum Gasteiger partial charge on any atom is 0.326 e. The lowest BCUT2D eigenvalue weighted by Gasteiger charge is -2.30. The van der Waals surface area contributed by atoms with E-state index in [1.54, 1.807) is 0 Å². The molecular formula is C19H22N2O. The van der Waals surface area contributed by atoms with Crippen molar-refractivity contribution in [2.45, 2.75) is 33.6 Å². The molecule has 2 amide bonds. The van der Waals surface area contributed by atoms with E-state index in [0.29, 0.717) is 0 Å². The van der Waals surface area contributed by atoms with Gasteiger partial charge in [-0.1, -0.05) is 29.8 Å². The van der Waals surface area contributed by atoms with Crippen molar-refractivity contribution >= 4 is 17.4 Å². The maximum atomic E-state index is 12.7. The van der Waals surface area contributed by atoms with E-state index < -0.39 is 0 Å². The first-order valence-electron chi connectivity index (χ1n) is 7.80. The monoisotopic (exact) mass is 294 g/mol. The number of nitrogens with one attached hydrogen (secondary N) is 1. The van der Waals surface area contributed by atoms with Crippen LogP contribution in [0.25, 0.3) is 0 Å².